The van der Waals surface area contributed by atoms with Crippen molar-refractivity contribution >= 4 is 27.1 Å². The predicted octanol–water partition coefficient (Wildman–Crippen LogP) is 3.07. The van der Waals surface area contributed by atoms with E-state index in [4.69, 9.17) is 21.8 Å². The van der Waals surface area contributed by atoms with Gasteiger partial charge in [-0.05, 0) is 49.8 Å². The minimum atomic E-state index is -3.80. The zero-order chi connectivity index (χ0) is 24.0. The van der Waals surface area contributed by atoms with Crippen LogP contribution in [0.5, 0.6) is 0 Å². The minimum absolute atomic E-state index is 0.0299. The largest absolute Gasteiger partial charge is 0.420 e. The fourth-order valence-corrected chi connectivity index (χ4v) is 6.38. The van der Waals surface area contributed by atoms with Gasteiger partial charge in [0.05, 0.1) is 27.8 Å². The van der Waals surface area contributed by atoms with Gasteiger partial charge >= 0.3 is 0 Å². The van der Waals surface area contributed by atoms with Crippen molar-refractivity contribution in [3.8, 4) is 11.5 Å². The summed E-state index contributed by atoms with van der Waals surface area (Å²) in [6.07, 6.45) is 0.885. The molecule has 2 N–H and O–H groups in total. The molecule has 2 aliphatic heterocycles. The van der Waals surface area contributed by atoms with Gasteiger partial charge in [0, 0.05) is 30.7 Å². The van der Waals surface area contributed by atoms with E-state index in [9.17, 15) is 8.42 Å². The molecule has 2 atom stereocenters. The maximum atomic E-state index is 15.2. The van der Waals surface area contributed by atoms with Gasteiger partial charge in [-0.2, -0.15) is 0 Å². The Kier molecular flexibility index (Phi) is 6.09. The quantitative estimate of drug-likeness (QED) is 0.576. The summed E-state index contributed by atoms with van der Waals surface area (Å²) in [6, 6.07) is 9.14. The standard InChI is InChI=1S/C23H25ClFN5O3S/c1-29-7-6-15(11-29)22-27-28-23(33-22)18-8-20-21(9-19(18)25)34(31,32)13-17(26)12-30(20)10-14-2-4-16(24)5-3-14/h2-5,8-9,15,17H,6-7,10-13,26H2,1H3/t15?,17-/m1/s1. The fourth-order valence-electron chi connectivity index (χ4n) is 4.61. The summed E-state index contributed by atoms with van der Waals surface area (Å²) in [5, 5.41) is 8.82. The van der Waals surface area contributed by atoms with Crippen molar-refractivity contribution < 1.29 is 17.2 Å². The molecule has 0 bridgehead atoms. The first-order valence-electron chi connectivity index (χ1n) is 11.0. The highest BCUT2D eigenvalue weighted by atomic mass is 35.5. The zero-order valence-corrected chi connectivity index (χ0v) is 20.2. The van der Waals surface area contributed by atoms with Crippen LogP contribution in [0.4, 0.5) is 10.1 Å². The van der Waals surface area contributed by atoms with Gasteiger partial charge in [-0.3, -0.25) is 0 Å². The van der Waals surface area contributed by atoms with Crippen molar-refractivity contribution in [1.29, 1.82) is 0 Å². The van der Waals surface area contributed by atoms with E-state index in [1.165, 1.54) is 6.07 Å². The van der Waals surface area contributed by atoms with E-state index in [2.05, 4.69) is 15.1 Å². The molecule has 3 heterocycles. The Balaban J connectivity index is 1.56. The van der Waals surface area contributed by atoms with E-state index in [0.29, 0.717) is 23.1 Å². The molecule has 0 spiro atoms. The van der Waals surface area contributed by atoms with Crippen LogP contribution in [0.2, 0.25) is 5.02 Å². The maximum Gasteiger partial charge on any atom is 0.250 e. The highest BCUT2D eigenvalue weighted by Gasteiger charge is 2.33. The number of halogens is 2. The van der Waals surface area contributed by atoms with Crippen LogP contribution in [-0.2, 0) is 16.4 Å². The highest BCUT2D eigenvalue weighted by Crippen LogP contribution is 2.37. The first kappa shape index (κ1) is 23.2. The Bertz CT molecular complexity index is 1310. The predicted molar refractivity (Wildman–Crippen MR) is 127 cm³/mol. The molecule has 1 saturated heterocycles. The topological polar surface area (TPSA) is 106 Å². The van der Waals surface area contributed by atoms with Crippen molar-refractivity contribution in [2.24, 2.45) is 5.73 Å². The number of rotatable bonds is 4. The first-order chi connectivity index (χ1) is 16.2. The number of sulfone groups is 1. The summed E-state index contributed by atoms with van der Waals surface area (Å²) in [5.41, 5.74) is 7.49. The lowest BCUT2D eigenvalue weighted by atomic mass is 10.1. The molecule has 2 aliphatic rings. The highest BCUT2D eigenvalue weighted by molar-refractivity contribution is 7.91. The van der Waals surface area contributed by atoms with Gasteiger partial charge in [0.1, 0.15) is 5.82 Å². The Labute approximate surface area is 202 Å². The van der Waals surface area contributed by atoms with Crippen LogP contribution in [0.25, 0.3) is 11.5 Å². The molecular weight excluding hydrogens is 481 g/mol. The number of hydrogen-bond acceptors (Lipinski definition) is 8. The van der Waals surface area contributed by atoms with Crippen molar-refractivity contribution in [1.82, 2.24) is 15.1 Å². The Morgan fingerprint density at radius 3 is 2.68 bits per heavy atom. The van der Waals surface area contributed by atoms with E-state index in [-0.39, 0.29) is 34.6 Å². The number of likely N-dealkylation sites (N-methyl/N-ethyl adjacent to an activating group) is 1. The van der Waals surface area contributed by atoms with Crippen LogP contribution in [-0.4, -0.2) is 62.0 Å². The third kappa shape index (κ3) is 4.55. The SMILES string of the molecule is CN1CCC(c2nnc(-c3cc4c(cc3F)S(=O)(=O)C[C@H](N)CN4Cc3ccc(Cl)cc3)o2)C1. The Hall–Kier alpha value is -2.53. The summed E-state index contributed by atoms with van der Waals surface area (Å²) >= 11 is 6.00. The number of benzene rings is 2. The normalized spacial score (nSPS) is 22.5. The monoisotopic (exact) mass is 505 g/mol. The molecule has 0 amide bonds. The maximum absolute atomic E-state index is 15.2. The Morgan fingerprint density at radius 2 is 1.97 bits per heavy atom. The molecule has 1 unspecified atom stereocenters. The van der Waals surface area contributed by atoms with E-state index in [1.54, 1.807) is 12.1 Å². The van der Waals surface area contributed by atoms with Gasteiger partial charge in [0.15, 0.2) is 9.84 Å². The van der Waals surface area contributed by atoms with E-state index in [0.717, 1.165) is 31.1 Å². The van der Waals surface area contributed by atoms with E-state index in [1.807, 2.05) is 24.1 Å². The summed E-state index contributed by atoms with van der Waals surface area (Å²) in [4.78, 5) is 3.92. The van der Waals surface area contributed by atoms with Crippen molar-refractivity contribution in [3.05, 3.63) is 58.7 Å². The molecule has 11 heteroatoms. The number of nitrogens with zero attached hydrogens (tertiary/aromatic N) is 4. The minimum Gasteiger partial charge on any atom is -0.420 e. The van der Waals surface area contributed by atoms with E-state index >= 15 is 4.39 Å². The molecule has 180 valence electrons. The summed E-state index contributed by atoms with van der Waals surface area (Å²) in [6.45, 7) is 2.37. The number of fused-ring (bicyclic) bond motifs is 1. The van der Waals surface area contributed by atoms with Crippen LogP contribution in [0, 0.1) is 5.82 Å². The van der Waals surface area contributed by atoms with Crippen molar-refractivity contribution in [2.75, 3.05) is 37.3 Å². The van der Waals surface area contributed by atoms with Crippen LogP contribution >= 0.6 is 11.6 Å². The van der Waals surface area contributed by atoms with Crippen LogP contribution in [0.3, 0.4) is 0 Å². The summed E-state index contributed by atoms with van der Waals surface area (Å²) in [5.74, 6) is -0.419. The van der Waals surface area contributed by atoms with Gasteiger partial charge in [0.25, 0.3) is 5.89 Å². The van der Waals surface area contributed by atoms with Gasteiger partial charge in [0.2, 0.25) is 5.89 Å². The lowest BCUT2D eigenvalue weighted by Gasteiger charge is -2.26. The Morgan fingerprint density at radius 1 is 1.21 bits per heavy atom. The van der Waals surface area contributed by atoms with E-state index < -0.39 is 21.7 Å². The first-order valence-corrected chi connectivity index (χ1v) is 13.1. The average Bonchev–Trinajstić information content (AvgIpc) is 3.41. The second-order valence-corrected chi connectivity index (χ2v) is 11.5. The molecule has 8 nitrogen and oxygen atoms in total. The molecule has 0 aliphatic carbocycles. The summed E-state index contributed by atoms with van der Waals surface area (Å²) in [7, 11) is -1.78. The molecular formula is C23H25ClFN5O3S. The molecule has 0 saturated carbocycles. The van der Waals surface area contributed by atoms with Gasteiger partial charge in [-0.1, -0.05) is 23.7 Å². The van der Waals surface area contributed by atoms with Gasteiger partial charge in [-0.25, -0.2) is 12.8 Å². The molecule has 1 fully saturated rings. The molecule has 0 radical (unpaired) electrons. The molecule has 34 heavy (non-hydrogen) atoms. The van der Waals surface area contributed by atoms with Crippen LogP contribution < -0.4 is 10.6 Å². The number of likely N-dealkylation sites (tertiary alicyclic amines) is 1. The third-order valence-electron chi connectivity index (χ3n) is 6.31. The van der Waals surface area contributed by atoms with Crippen LogP contribution in [0.1, 0.15) is 23.8 Å². The number of aromatic nitrogens is 2. The third-order valence-corrected chi connectivity index (χ3v) is 8.43. The second kappa shape index (κ2) is 8.92. The average molecular weight is 506 g/mol. The molecule has 3 aromatic rings. The van der Waals surface area contributed by atoms with Crippen molar-refractivity contribution in [3.63, 3.8) is 0 Å². The molecule has 1 aromatic heterocycles. The van der Waals surface area contributed by atoms with Gasteiger partial charge in [-0.15, -0.1) is 10.2 Å². The number of anilines is 1. The molecule has 2 aromatic carbocycles. The van der Waals surface area contributed by atoms with Gasteiger partial charge < -0.3 is 20.0 Å². The number of nitrogens with two attached hydrogens (primary N) is 1. The van der Waals surface area contributed by atoms with Crippen molar-refractivity contribution in [2.45, 2.75) is 29.8 Å². The summed E-state index contributed by atoms with van der Waals surface area (Å²) < 4.78 is 47.1. The lowest BCUT2D eigenvalue weighted by Crippen LogP contribution is -2.39. The second-order valence-electron chi connectivity index (χ2n) is 9.04. The lowest BCUT2D eigenvalue weighted by molar-refractivity contribution is 0.393. The smallest absolute Gasteiger partial charge is 0.250 e. The number of hydrogen-bond donors (Lipinski definition) is 1. The molecule has 5 rings (SSSR count). The zero-order valence-electron chi connectivity index (χ0n) is 18.6. The van der Waals surface area contributed by atoms with Crippen LogP contribution in [0.15, 0.2) is 45.7 Å². The fraction of sp³-hybridized carbons (Fsp3) is 0.391.